The van der Waals surface area contributed by atoms with Crippen LogP contribution in [0.2, 0.25) is 0 Å². The van der Waals surface area contributed by atoms with Crippen molar-refractivity contribution in [2.45, 2.75) is 43.9 Å². The van der Waals surface area contributed by atoms with Crippen LogP contribution in [0, 0.1) is 0 Å². The third-order valence-electron chi connectivity index (χ3n) is 6.52. The summed E-state index contributed by atoms with van der Waals surface area (Å²) in [5.74, 6) is 1.86. The molecule has 0 bridgehead atoms. The van der Waals surface area contributed by atoms with Crippen LogP contribution in [0.1, 0.15) is 37.3 Å². The Hall–Kier alpha value is -1.10. The van der Waals surface area contributed by atoms with Crippen LogP contribution >= 0.6 is 24.0 Å². The first kappa shape index (κ1) is 24.5. The van der Waals surface area contributed by atoms with E-state index in [9.17, 15) is 0 Å². The minimum atomic E-state index is 0. The monoisotopic (exact) mass is 544 g/mol. The zero-order valence-corrected chi connectivity index (χ0v) is 21.1. The molecule has 4 rings (SSSR count). The molecule has 1 N–H and O–H groups in total. The van der Waals surface area contributed by atoms with E-state index in [4.69, 9.17) is 14.2 Å². The van der Waals surface area contributed by atoms with Crippen LogP contribution in [0.4, 0.5) is 0 Å². The predicted octanol–water partition coefficient (Wildman–Crippen LogP) is 2.91. The molecule has 3 aliphatic rings. The van der Waals surface area contributed by atoms with Crippen molar-refractivity contribution in [2.75, 3.05) is 60.1 Å². The first-order valence-corrected chi connectivity index (χ1v) is 11.4. The molecule has 31 heavy (non-hydrogen) atoms. The van der Waals surface area contributed by atoms with Crippen molar-refractivity contribution < 1.29 is 14.2 Å². The molecule has 8 heteroatoms. The number of benzene rings is 1. The first-order chi connectivity index (χ1) is 14.8. The number of nitrogens with zero attached hydrogens (tertiary/aromatic N) is 3. The Morgan fingerprint density at radius 1 is 1.10 bits per heavy atom. The lowest BCUT2D eigenvalue weighted by Crippen LogP contribution is -2.54. The topological polar surface area (TPSA) is 58.6 Å². The van der Waals surface area contributed by atoms with Crippen LogP contribution < -0.4 is 10.1 Å². The van der Waals surface area contributed by atoms with Crippen LogP contribution in [0.25, 0.3) is 0 Å². The van der Waals surface area contributed by atoms with Crippen LogP contribution in [0.3, 0.4) is 0 Å². The smallest absolute Gasteiger partial charge is 0.193 e. The Morgan fingerprint density at radius 3 is 2.48 bits per heavy atom. The number of ether oxygens (including phenoxy) is 3. The Bertz CT molecular complexity index is 691. The van der Waals surface area contributed by atoms with Gasteiger partial charge in [0.25, 0.3) is 0 Å². The number of methoxy groups -OCH3 is 1. The molecule has 3 aliphatic heterocycles. The fourth-order valence-corrected chi connectivity index (χ4v) is 4.85. The summed E-state index contributed by atoms with van der Waals surface area (Å²) in [4.78, 5) is 9.49. The summed E-state index contributed by atoms with van der Waals surface area (Å²) in [6.45, 7) is 6.41. The molecule has 0 aliphatic carbocycles. The molecule has 7 nitrogen and oxygen atoms in total. The van der Waals surface area contributed by atoms with E-state index in [1.807, 2.05) is 7.05 Å². The Balaban J connectivity index is 0.00000272. The van der Waals surface area contributed by atoms with E-state index in [0.717, 1.165) is 70.5 Å². The predicted molar refractivity (Wildman–Crippen MR) is 134 cm³/mol. The third kappa shape index (κ3) is 6.24. The Morgan fingerprint density at radius 2 is 1.84 bits per heavy atom. The molecule has 174 valence electrons. The standard InChI is InChI=1S/C23H36N4O3.HI/c1-24-23(27-13-15-30-22(17-27)21-6-5-14-29-21)25-16-20(26-11-3-4-12-26)18-7-9-19(28-2)10-8-18;/h7-10,20-22H,3-6,11-17H2,1-2H3,(H,24,25);1H. The summed E-state index contributed by atoms with van der Waals surface area (Å²) in [6.07, 6.45) is 5.14. The van der Waals surface area contributed by atoms with E-state index in [2.05, 4.69) is 44.4 Å². The van der Waals surface area contributed by atoms with Gasteiger partial charge in [0.1, 0.15) is 11.9 Å². The number of hydrogen-bond donors (Lipinski definition) is 1. The highest BCUT2D eigenvalue weighted by Gasteiger charge is 2.32. The number of morpholine rings is 1. The molecule has 3 atom stereocenters. The lowest BCUT2D eigenvalue weighted by molar-refractivity contribution is -0.0817. The number of likely N-dealkylation sites (tertiary alicyclic amines) is 1. The molecule has 1 aromatic carbocycles. The lowest BCUT2D eigenvalue weighted by atomic mass is 10.1. The number of aliphatic imine (C=N–C) groups is 1. The fraction of sp³-hybridized carbons (Fsp3) is 0.696. The molecular formula is C23H37IN4O3. The Kier molecular flexibility index (Phi) is 9.68. The molecule has 1 aromatic rings. The summed E-state index contributed by atoms with van der Waals surface area (Å²) >= 11 is 0. The van der Waals surface area contributed by atoms with Crippen molar-refractivity contribution in [1.29, 1.82) is 0 Å². The lowest BCUT2D eigenvalue weighted by Gasteiger charge is -2.38. The van der Waals surface area contributed by atoms with Crippen molar-refractivity contribution in [2.24, 2.45) is 4.99 Å². The molecule has 3 heterocycles. The van der Waals surface area contributed by atoms with Gasteiger partial charge in [0.15, 0.2) is 5.96 Å². The van der Waals surface area contributed by atoms with Gasteiger partial charge in [0.2, 0.25) is 0 Å². The number of halogens is 1. The second kappa shape index (κ2) is 12.2. The van der Waals surface area contributed by atoms with Gasteiger partial charge >= 0.3 is 0 Å². The van der Waals surface area contributed by atoms with Crippen molar-refractivity contribution in [3.05, 3.63) is 29.8 Å². The number of rotatable bonds is 6. The molecule has 0 saturated carbocycles. The summed E-state index contributed by atoms with van der Waals surface area (Å²) < 4.78 is 17.2. The van der Waals surface area contributed by atoms with Gasteiger partial charge in [-0.3, -0.25) is 9.89 Å². The molecule has 0 radical (unpaired) electrons. The number of guanidine groups is 1. The van der Waals surface area contributed by atoms with Crippen molar-refractivity contribution >= 4 is 29.9 Å². The highest BCUT2D eigenvalue weighted by molar-refractivity contribution is 14.0. The van der Waals surface area contributed by atoms with E-state index in [1.54, 1.807) is 7.11 Å². The van der Waals surface area contributed by atoms with E-state index >= 15 is 0 Å². The van der Waals surface area contributed by atoms with Gasteiger partial charge in [-0.2, -0.15) is 0 Å². The molecule has 3 unspecified atom stereocenters. The highest BCUT2D eigenvalue weighted by atomic mass is 127. The summed E-state index contributed by atoms with van der Waals surface area (Å²) in [7, 11) is 3.59. The molecular weight excluding hydrogens is 507 g/mol. The van der Waals surface area contributed by atoms with Gasteiger partial charge < -0.3 is 24.4 Å². The Labute approximate surface area is 203 Å². The minimum absolute atomic E-state index is 0. The van der Waals surface area contributed by atoms with E-state index in [-0.39, 0.29) is 36.2 Å². The molecule has 3 saturated heterocycles. The zero-order chi connectivity index (χ0) is 20.8. The maximum absolute atomic E-state index is 6.02. The second-order valence-electron chi connectivity index (χ2n) is 8.37. The normalized spacial score (nSPS) is 25.9. The van der Waals surface area contributed by atoms with Gasteiger partial charge in [0.05, 0.1) is 25.9 Å². The average Bonchev–Trinajstić information content (AvgIpc) is 3.52. The van der Waals surface area contributed by atoms with Crippen molar-refractivity contribution in [3.8, 4) is 5.75 Å². The molecule has 0 aromatic heterocycles. The average molecular weight is 544 g/mol. The van der Waals surface area contributed by atoms with Crippen LogP contribution in [0.5, 0.6) is 5.75 Å². The van der Waals surface area contributed by atoms with Crippen LogP contribution in [-0.4, -0.2) is 88.1 Å². The van der Waals surface area contributed by atoms with E-state index in [0.29, 0.717) is 6.04 Å². The van der Waals surface area contributed by atoms with Crippen LogP contribution in [-0.2, 0) is 9.47 Å². The maximum Gasteiger partial charge on any atom is 0.193 e. The third-order valence-corrected chi connectivity index (χ3v) is 6.52. The zero-order valence-electron chi connectivity index (χ0n) is 18.8. The molecule has 0 spiro atoms. The van der Waals surface area contributed by atoms with Gasteiger partial charge in [-0.15, -0.1) is 24.0 Å². The van der Waals surface area contributed by atoms with Gasteiger partial charge in [-0.1, -0.05) is 12.1 Å². The van der Waals surface area contributed by atoms with E-state index in [1.165, 1.54) is 18.4 Å². The largest absolute Gasteiger partial charge is 0.497 e. The van der Waals surface area contributed by atoms with Gasteiger partial charge in [-0.05, 0) is 56.5 Å². The summed E-state index contributed by atoms with van der Waals surface area (Å²) in [5.41, 5.74) is 1.32. The minimum Gasteiger partial charge on any atom is -0.497 e. The van der Waals surface area contributed by atoms with Gasteiger partial charge in [0, 0.05) is 33.3 Å². The van der Waals surface area contributed by atoms with Gasteiger partial charge in [-0.25, -0.2) is 0 Å². The fourth-order valence-electron chi connectivity index (χ4n) is 4.85. The molecule has 0 amide bonds. The van der Waals surface area contributed by atoms with Crippen LogP contribution in [0.15, 0.2) is 29.3 Å². The van der Waals surface area contributed by atoms with Crippen molar-refractivity contribution in [1.82, 2.24) is 15.1 Å². The second-order valence-corrected chi connectivity index (χ2v) is 8.37. The van der Waals surface area contributed by atoms with Crippen molar-refractivity contribution in [3.63, 3.8) is 0 Å². The number of nitrogens with one attached hydrogen (secondary N) is 1. The first-order valence-electron chi connectivity index (χ1n) is 11.4. The maximum atomic E-state index is 6.02. The molecule has 3 fully saturated rings. The summed E-state index contributed by atoms with van der Waals surface area (Å²) in [5, 5.41) is 3.66. The van der Waals surface area contributed by atoms with E-state index < -0.39 is 0 Å². The number of hydrogen-bond acceptors (Lipinski definition) is 5. The summed E-state index contributed by atoms with van der Waals surface area (Å²) in [6, 6.07) is 8.82. The SMILES string of the molecule is CN=C(NCC(c1ccc(OC)cc1)N1CCCC1)N1CCOC(C2CCCO2)C1.I. The highest BCUT2D eigenvalue weighted by Crippen LogP contribution is 2.26. The quantitative estimate of drug-likeness (QED) is 0.338.